The van der Waals surface area contributed by atoms with Crippen LogP contribution in [0, 0.1) is 5.92 Å². The summed E-state index contributed by atoms with van der Waals surface area (Å²) >= 11 is 0. The highest BCUT2D eigenvalue weighted by Gasteiger charge is 2.27. The predicted molar refractivity (Wildman–Crippen MR) is 91.3 cm³/mol. The van der Waals surface area contributed by atoms with Crippen molar-refractivity contribution in [3.05, 3.63) is 23.8 Å². The van der Waals surface area contributed by atoms with E-state index in [2.05, 4.69) is 5.16 Å². The second kappa shape index (κ2) is 9.51. The molecule has 0 bridgehead atoms. The van der Waals surface area contributed by atoms with E-state index in [9.17, 15) is 15.1 Å². The molecule has 1 heterocycles. The van der Waals surface area contributed by atoms with E-state index in [1.165, 1.54) is 13.2 Å². The normalized spacial score (nSPS) is 15.2. The minimum atomic E-state index is -0.833. The van der Waals surface area contributed by atoms with Crippen LogP contribution >= 0.6 is 0 Å². The number of carbonyl (C=O) groups excluding carboxylic acids is 1. The molecule has 0 unspecified atom stereocenters. The Bertz CT molecular complexity index is 632. The van der Waals surface area contributed by atoms with Crippen molar-refractivity contribution in [2.45, 2.75) is 26.7 Å². The third-order valence-corrected chi connectivity index (χ3v) is 3.91. The molecular weight excluding hydrogens is 328 g/mol. The molecule has 1 aliphatic heterocycles. The van der Waals surface area contributed by atoms with Crippen LogP contribution in [0.5, 0.6) is 11.5 Å². The van der Waals surface area contributed by atoms with Crippen molar-refractivity contribution in [3.63, 3.8) is 0 Å². The number of piperidine rings is 1. The molecule has 8 nitrogen and oxygen atoms in total. The first-order valence-corrected chi connectivity index (χ1v) is 7.84. The molecule has 1 fully saturated rings. The molecule has 3 N–H and O–H groups in total. The van der Waals surface area contributed by atoms with Crippen molar-refractivity contribution in [1.29, 1.82) is 0 Å². The van der Waals surface area contributed by atoms with E-state index in [0.717, 1.165) is 6.92 Å². The van der Waals surface area contributed by atoms with Gasteiger partial charge >= 0.3 is 0 Å². The maximum atomic E-state index is 11.3. The van der Waals surface area contributed by atoms with Crippen molar-refractivity contribution in [2.75, 3.05) is 20.2 Å². The summed E-state index contributed by atoms with van der Waals surface area (Å²) in [7, 11) is 1.54. The zero-order valence-corrected chi connectivity index (χ0v) is 14.6. The van der Waals surface area contributed by atoms with Crippen LogP contribution in [0.2, 0.25) is 0 Å². The number of phenols is 1. The lowest BCUT2D eigenvalue weighted by atomic mass is 9.87. The standard InChI is InChI=1S/C15H20N2O4.C2H4O2/c1-10(18)17-7-5-11(6-8-17)15(16-20)13-9-12(21-2)3-4-14(13)19;1-2(3)4/h3-4,9,11,19-20H,5-8H2,1-2H3;1H3,(H,3,4). The number of aliphatic carboxylic acids is 1. The van der Waals surface area contributed by atoms with Gasteiger partial charge in [-0.1, -0.05) is 5.16 Å². The number of nitrogens with zero attached hydrogens (tertiary/aromatic N) is 2. The number of ether oxygens (including phenoxy) is 1. The number of carboxylic acid groups (broad SMARTS) is 1. The molecule has 1 aromatic rings. The number of rotatable bonds is 3. The molecule has 0 atom stereocenters. The fourth-order valence-electron chi connectivity index (χ4n) is 2.67. The van der Waals surface area contributed by atoms with Gasteiger partial charge in [0.1, 0.15) is 11.5 Å². The van der Waals surface area contributed by atoms with Gasteiger partial charge in [0.25, 0.3) is 5.97 Å². The fourth-order valence-corrected chi connectivity index (χ4v) is 2.67. The Morgan fingerprint density at radius 2 is 1.80 bits per heavy atom. The summed E-state index contributed by atoms with van der Waals surface area (Å²) in [5.41, 5.74) is 0.910. The first kappa shape index (κ1) is 20.3. The van der Waals surface area contributed by atoms with Crippen LogP contribution in [0.1, 0.15) is 32.3 Å². The van der Waals surface area contributed by atoms with Gasteiger partial charge in [0.15, 0.2) is 0 Å². The lowest BCUT2D eigenvalue weighted by Gasteiger charge is -2.31. The summed E-state index contributed by atoms with van der Waals surface area (Å²) in [5.74, 6) is -0.133. The highest BCUT2D eigenvalue weighted by molar-refractivity contribution is 6.04. The van der Waals surface area contributed by atoms with Gasteiger partial charge in [-0.05, 0) is 31.0 Å². The predicted octanol–water partition coefficient (Wildman–Crippen LogP) is 1.93. The number of amides is 1. The number of carbonyl (C=O) groups is 2. The second-order valence-corrected chi connectivity index (χ2v) is 5.67. The molecular formula is C17H24N2O6. The average molecular weight is 352 g/mol. The van der Waals surface area contributed by atoms with Gasteiger partial charge in [0, 0.05) is 38.4 Å². The number of oxime groups is 1. The number of aromatic hydroxyl groups is 1. The average Bonchev–Trinajstić information content (AvgIpc) is 2.57. The molecule has 0 aliphatic carbocycles. The zero-order chi connectivity index (χ0) is 19.0. The first-order valence-electron chi connectivity index (χ1n) is 7.84. The molecule has 25 heavy (non-hydrogen) atoms. The lowest BCUT2D eigenvalue weighted by molar-refractivity contribution is -0.134. The van der Waals surface area contributed by atoms with Crippen LogP contribution in [0.3, 0.4) is 0 Å². The van der Waals surface area contributed by atoms with E-state index < -0.39 is 5.97 Å². The van der Waals surface area contributed by atoms with Crippen LogP contribution in [0.15, 0.2) is 23.4 Å². The summed E-state index contributed by atoms with van der Waals surface area (Å²) in [6.45, 7) is 3.89. The van der Waals surface area contributed by atoms with Crippen LogP contribution < -0.4 is 4.74 Å². The molecule has 0 radical (unpaired) electrons. The van der Waals surface area contributed by atoms with Gasteiger partial charge in [0.2, 0.25) is 5.91 Å². The van der Waals surface area contributed by atoms with Gasteiger partial charge in [-0.3, -0.25) is 9.59 Å². The molecule has 1 saturated heterocycles. The van der Waals surface area contributed by atoms with E-state index >= 15 is 0 Å². The minimum absolute atomic E-state index is 0.00334. The maximum absolute atomic E-state index is 11.3. The molecule has 1 amide bonds. The monoisotopic (exact) mass is 352 g/mol. The Morgan fingerprint density at radius 1 is 1.24 bits per heavy atom. The molecule has 0 saturated carbocycles. The quantitative estimate of drug-likeness (QED) is 0.434. The Hall–Kier alpha value is -2.77. The maximum Gasteiger partial charge on any atom is 0.300 e. The van der Waals surface area contributed by atoms with E-state index in [0.29, 0.717) is 43.0 Å². The Kier molecular flexibility index (Phi) is 7.71. The second-order valence-electron chi connectivity index (χ2n) is 5.67. The number of carboxylic acids is 1. The van der Waals surface area contributed by atoms with Crippen molar-refractivity contribution < 1.29 is 29.7 Å². The highest BCUT2D eigenvalue weighted by Crippen LogP contribution is 2.29. The van der Waals surface area contributed by atoms with E-state index in [4.69, 9.17) is 14.6 Å². The zero-order valence-electron chi connectivity index (χ0n) is 14.6. The summed E-state index contributed by atoms with van der Waals surface area (Å²) in [6.07, 6.45) is 1.41. The van der Waals surface area contributed by atoms with Gasteiger partial charge in [-0.25, -0.2) is 0 Å². The lowest BCUT2D eigenvalue weighted by Crippen LogP contribution is -2.39. The van der Waals surface area contributed by atoms with Crippen molar-refractivity contribution >= 4 is 17.6 Å². The topological polar surface area (TPSA) is 120 Å². The third-order valence-electron chi connectivity index (χ3n) is 3.91. The fraction of sp³-hybridized carbons (Fsp3) is 0.471. The SMILES string of the molecule is CC(=O)O.COc1ccc(O)c(C(=NO)C2CCN(C(C)=O)CC2)c1. The summed E-state index contributed by atoms with van der Waals surface area (Å²) in [6, 6.07) is 4.82. The Balaban J connectivity index is 0.000000705. The Morgan fingerprint density at radius 3 is 2.24 bits per heavy atom. The summed E-state index contributed by atoms with van der Waals surface area (Å²) in [5, 5.41) is 30.1. The molecule has 8 heteroatoms. The van der Waals surface area contributed by atoms with Crippen LogP contribution in [-0.4, -0.2) is 58.1 Å². The molecule has 1 aliphatic rings. The minimum Gasteiger partial charge on any atom is -0.507 e. The van der Waals surface area contributed by atoms with Gasteiger partial charge in [-0.15, -0.1) is 0 Å². The van der Waals surface area contributed by atoms with E-state index in [-0.39, 0.29) is 17.6 Å². The van der Waals surface area contributed by atoms with Crippen molar-refractivity contribution in [1.82, 2.24) is 4.90 Å². The van der Waals surface area contributed by atoms with Crippen LogP contribution in [-0.2, 0) is 9.59 Å². The molecule has 0 spiro atoms. The smallest absolute Gasteiger partial charge is 0.300 e. The number of hydrogen-bond donors (Lipinski definition) is 3. The molecule has 2 rings (SSSR count). The van der Waals surface area contributed by atoms with Crippen molar-refractivity contribution in [3.8, 4) is 11.5 Å². The number of likely N-dealkylation sites (tertiary alicyclic amines) is 1. The molecule has 138 valence electrons. The Labute approximate surface area is 146 Å². The van der Waals surface area contributed by atoms with Crippen molar-refractivity contribution in [2.24, 2.45) is 11.1 Å². The number of benzene rings is 1. The van der Waals surface area contributed by atoms with E-state index in [1.54, 1.807) is 24.0 Å². The highest BCUT2D eigenvalue weighted by atomic mass is 16.5. The molecule has 1 aromatic carbocycles. The van der Waals surface area contributed by atoms with Crippen LogP contribution in [0.4, 0.5) is 0 Å². The summed E-state index contributed by atoms with van der Waals surface area (Å²) < 4.78 is 5.14. The van der Waals surface area contributed by atoms with E-state index in [1.807, 2.05) is 0 Å². The largest absolute Gasteiger partial charge is 0.507 e. The molecule has 0 aromatic heterocycles. The third kappa shape index (κ3) is 5.98. The van der Waals surface area contributed by atoms with Gasteiger partial charge in [0.05, 0.1) is 12.8 Å². The van der Waals surface area contributed by atoms with Gasteiger partial charge < -0.3 is 25.1 Å². The number of phenolic OH excluding ortho intramolecular Hbond substituents is 1. The number of hydrogen-bond acceptors (Lipinski definition) is 6. The first-order chi connectivity index (χ1) is 11.8. The number of methoxy groups -OCH3 is 1. The van der Waals surface area contributed by atoms with Crippen LogP contribution in [0.25, 0.3) is 0 Å². The van der Waals surface area contributed by atoms with Gasteiger partial charge in [-0.2, -0.15) is 0 Å². The summed E-state index contributed by atoms with van der Waals surface area (Å²) in [4.78, 5) is 22.1.